The van der Waals surface area contributed by atoms with E-state index in [1.807, 2.05) is 6.92 Å². The molecule has 1 aromatic heterocycles. The van der Waals surface area contributed by atoms with Crippen LogP contribution < -0.4 is 0 Å². The lowest BCUT2D eigenvalue weighted by molar-refractivity contribution is -0.138. The fourth-order valence-electron chi connectivity index (χ4n) is 2.44. The Kier molecular flexibility index (Phi) is 4.77. The molecule has 0 bridgehead atoms. The molecule has 1 unspecified atom stereocenters. The van der Waals surface area contributed by atoms with Crippen LogP contribution in [0.15, 0.2) is 5.51 Å². The number of rotatable bonds is 6. The van der Waals surface area contributed by atoms with Gasteiger partial charge in [-0.15, -0.1) is 11.3 Å². The maximum absolute atomic E-state index is 11.5. The Morgan fingerprint density at radius 1 is 1.60 bits per heavy atom. The summed E-state index contributed by atoms with van der Waals surface area (Å²) in [5.74, 6) is -0.690. The summed E-state index contributed by atoms with van der Waals surface area (Å²) >= 11 is 1.55. The van der Waals surface area contributed by atoms with Crippen LogP contribution in [-0.2, 0) is 21.1 Å². The summed E-state index contributed by atoms with van der Waals surface area (Å²) in [6, 6.07) is -0.177. The third-order valence-electron chi connectivity index (χ3n) is 3.53. The van der Waals surface area contributed by atoms with Gasteiger partial charge in [0.25, 0.3) is 0 Å². The Bertz CT molecular complexity index is 582. The molecule has 0 amide bonds. The van der Waals surface area contributed by atoms with E-state index in [-0.39, 0.29) is 24.1 Å². The third-order valence-corrected chi connectivity index (χ3v) is 6.28. The van der Waals surface area contributed by atoms with Gasteiger partial charge in [0.05, 0.1) is 29.3 Å². The Morgan fingerprint density at radius 3 is 2.85 bits per heavy atom. The summed E-state index contributed by atoms with van der Waals surface area (Å²) < 4.78 is 23.1. The van der Waals surface area contributed by atoms with E-state index in [0.717, 1.165) is 10.6 Å². The molecule has 1 aromatic rings. The molecule has 112 valence electrons. The number of carboxylic acids is 1. The minimum atomic E-state index is -3.00. The van der Waals surface area contributed by atoms with Crippen LogP contribution in [0.4, 0.5) is 0 Å². The number of hydrogen-bond donors (Lipinski definition) is 1. The lowest BCUT2D eigenvalue weighted by atomic mass is 10.2. The predicted molar refractivity (Wildman–Crippen MR) is 76.8 cm³/mol. The molecule has 1 atom stereocenters. The number of carboxylic acid groups (broad SMARTS) is 1. The van der Waals surface area contributed by atoms with E-state index < -0.39 is 15.8 Å². The van der Waals surface area contributed by atoms with Gasteiger partial charge in [-0.25, -0.2) is 13.4 Å². The Hall–Kier alpha value is -0.990. The van der Waals surface area contributed by atoms with Gasteiger partial charge in [0.1, 0.15) is 0 Å². The number of sulfone groups is 1. The van der Waals surface area contributed by atoms with Crippen molar-refractivity contribution in [3.8, 4) is 0 Å². The summed E-state index contributed by atoms with van der Waals surface area (Å²) in [4.78, 5) is 18.0. The maximum atomic E-state index is 11.5. The minimum absolute atomic E-state index is 0.0714. The van der Waals surface area contributed by atoms with E-state index in [0.29, 0.717) is 19.4 Å². The normalized spacial score (nSPS) is 21.4. The highest BCUT2D eigenvalue weighted by atomic mass is 32.2. The molecule has 1 aliphatic rings. The molecule has 2 heterocycles. The number of aryl methyl sites for hydroxylation is 1. The lowest BCUT2D eigenvalue weighted by Crippen LogP contribution is -2.41. The second-order valence-electron chi connectivity index (χ2n) is 5.03. The molecule has 8 heteroatoms. The highest BCUT2D eigenvalue weighted by Gasteiger charge is 2.32. The first kappa shape index (κ1) is 15.4. The van der Waals surface area contributed by atoms with Gasteiger partial charge in [-0.2, -0.15) is 0 Å². The number of nitrogens with zero attached hydrogens (tertiary/aromatic N) is 2. The van der Waals surface area contributed by atoms with Crippen molar-refractivity contribution in [2.75, 3.05) is 24.6 Å². The predicted octanol–water partition coefficient (Wildman–Crippen LogP) is 0.568. The second kappa shape index (κ2) is 6.19. The van der Waals surface area contributed by atoms with Crippen LogP contribution in [0, 0.1) is 6.92 Å². The highest BCUT2D eigenvalue weighted by Crippen LogP contribution is 2.19. The summed E-state index contributed by atoms with van der Waals surface area (Å²) in [6.45, 7) is 2.36. The van der Waals surface area contributed by atoms with Gasteiger partial charge in [-0.1, -0.05) is 0 Å². The highest BCUT2D eigenvalue weighted by molar-refractivity contribution is 7.91. The van der Waals surface area contributed by atoms with Crippen LogP contribution >= 0.6 is 11.3 Å². The zero-order valence-corrected chi connectivity index (χ0v) is 12.9. The van der Waals surface area contributed by atoms with Gasteiger partial charge < -0.3 is 5.11 Å². The fraction of sp³-hybridized carbons (Fsp3) is 0.667. The molecule has 0 spiro atoms. The molecule has 0 saturated carbocycles. The van der Waals surface area contributed by atoms with Crippen LogP contribution in [0.5, 0.6) is 0 Å². The zero-order valence-electron chi connectivity index (χ0n) is 11.3. The fourth-order valence-corrected chi connectivity index (χ4v) is 4.97. The molecule has 1 saturated heterocycles. The molecule has 1 N–H and O–H groups in total. The number of aromatic nitrogens is 1. The van der Waals surface area contributed by atoms with Crippen LogP contribution in [0.3, 0.4) is 0 Å². The van der Waals surface area contributed by atoms with E-state index in [4.69, 9.17) is 5.11 Å². The van der Waals surface area contributed by atoms with Gasteiger partial charge in [-0.3, -0.25) is 9.69 Å². The van der Waals surface area contributed by atoms with Crippen molar-refractivity contribution < 1.29 is 18.3 Å². The van der Waals surface area contributed by atoms with Gasteiger partial charge >= 0.3 is 5.97 Å². The number of carbonyl (C=O) groups is 1. The first-order chi connectivity index (χ1) is 9.37. The van der Waals surface area contributed by atoms with Crippen molar-refractivity contribution in [3.63, 3.8) is 0 Å². The first-order valence-electron chi connectivity index (χ1n) is 6.42. The van der Waals surface area contributed by atoms with Crippen molar-refractivity contribution in [2.24, 2.45) is 0 Å². The third kappa shape index (κ3) is 4.00. The molecule has 1 aliphatic heterocycles. The Labute approximate surface area is 122 Å². The first-order valence-corrected chi connectivity index (χ1v) is 9.13. The van der Waals surface area contributed by atoms with E-state index in [9.17, 15) is 13.2 Å². The Balaban J connectivity index is 2.01. The topological polar surface area (TPSA) is 87.6 Å². The Morgan fingerprint density at radius 2 is 2.35 bits per heavy atom. The summed E-state index contributed by atoms with van der Waals surface area (Å²) in [5, 5.41) is 8.99. The molecule has 0 radical (unpaired) electrons. The van der Waals surface area contributed by atoms with Crippen molar-refractivity contribution in [2.45, 2.75) is 25.8 Å². The average Bonchev–Trinajstić information content (AvgIpc) is 2.90. The van der Waals surface area contributed by atoms with Crippen LogP contribution in [0.25, 0.3) is 0 Å². The summed E-state index contributed by atoms with van der Waals surface area (Å²) in [6.07, 6.45) is 1.23. The molecular weight excluding hydrogens is 300 g/mol. The monoisotopic (exact) mass is 318 g/mol. The van der Waals surface area contributed by atoms with Crippen LogP contribution in [-0.4, -0.2) is 60.0 Å². The summed E-state index contributed by atoms with van der Waals surface area (Å²) in [7, 11) is -3.00. The van der Waals surface area contributed by atoms with Gasteiger partial charge in [0.2, 0.25) is 0 Å². The molecule has 20 heavy (non-hydrogen) atoms. The molecule has 0 aromatic carbocycles. The lowest BCUT2D eigenvalue weighted by Gasteiger charge is -2.26. The largest absolute Gasteiger partial charge is 0.480 e. The second-order valence-corrected chi connectivity index (χ2v) is 8.20. The van der Waals surface area contributed by atoms with Gasteiger partial charge in [0, 0.05) is 17.5 Å². The van der Waals surface area contributed by atoms with E-state index in [1.54, 1.807) is 21.7 Å². The molecule has 2 rings (SSSR count). The number of aliphatic carboxylic acids is 1. The van der Waals surface area contributed by atoms with Crippen molar-refractivity contribution >= 4 is 27.1 Å². The summed E-state index contributed by atoms with van der Waals surface area (Å²) in [5.41, 5.74) is 2.73. The molecule has 6 nitrogen and oxygen atoms in total. The van der Waals surface area contributed by atoms with Crippen molar-refractivity contribution in [3.05, 3.63) is 16.1 Å². The van der Waals surface area contributed by atoms with E-state index in [1.165, 1.54) is 0 Å². The maximum Gasteiger partial charge on any atom is 0.317 e. The quantitative estimate of drug-likeness (QED) is 0.825. The van der Waals surface area contributed by atoms with Crippen molar-refractivity contribution in [1.82, 2.24) is 9.88 Å². The molecule has 1 fully saturated rings. The standard InChI is InChI=1S/C12H18N2O4S2/c1-9-11(19-8-13-9)2-4-14(6-12(15)16)10-3-5-20(17,18)7-10/h8,10H,2-7H2,1H3,(H,15,16). The van der Waals surface area contributed by atoms with Gasteiger partial charge in [0.15, 0.2) is 9.84 Å². The number of thiazole rings is 1. The minimum Gasteiger partial charge on any atom is -0.480 e. The van der Waals surface area contributed by atoms with Crippen molar-refractivity contribution in [1.29, 1.82) is 0 Å². The number of hydrogen-bond acceptors (Lipinski definition) is 6. The SMILES string of the molecule is Cc1ncsc1CCN(CC(=O)O)C1CCS(=O)(=O)C1. The average molecular weight is 318 g/mol. The van der Waals surface area contributed by atoms with Crippen LogP contribution in [0.1, 0.15) is 17.0 Å². The molecular formula is C12H18N2O4S2. The smallest absolute Gasteiger partial charge is 0.317 e. The van der Waals surface area contributed by atoms with E-state index >= 15 is 0 Å². The zero-order chi connectivity index (χ0) is 14.8. The van der Waals surface area contributed by atoms with E-state index in [2.05, 4.69) is 4.98 Å². The van der Waals surface area contributed by atoms with Crippen LogP contribution in [0.2, 0.25) is 0 Å². The molecule has 0 aliphatic carbocycles. The van der Waals surface area contributed by atoms with Gasteiger partial charge in [-0.05, 0) is 19.8 Å².